The zero-order valence-corrected chi connectivity index (χ0v) is 4.59. The molecule has 41 valence electrons. The van der Waals surface area contributed by atoms with E-state index in [1.165, 1.54) is 0 Å². The fraction of sp³-hybridized carbons (Fsp3) is 0.167. The lowest BCUT2D eigenvalue weighted by atomic mass is 10.4. The molecule has 0 saturated heterocycles. The molecule has 0 bridgehead atoms. The maximum Gasteiger partial charge on any atom is 0.235 e. The summed E-state index contributed by atoms with van der Waals surface area (Å²) in [5, 5.41) is 0. The lowest BCUT2D eigenvalue weighted by molar-refractivity contribution is 0.562. The van der Waals surface area contributed by atoms with Crippen LogP contribution in [0.1, 0.15) is 5.56 Å². The van der Waals surface area contributed by atoms with E-state index in [-0.39, 0.29) is 0 Å². The largest absolute Gasteiger partial charge is 0.356 e. The van der Waals surface area contributed by atoms with Crippen LogP contribution in [-0.2, 0) is 11.8 Å². The van der Waals surface area contributed by atoms with E-state index in [4.69, 9.17) is 0 Å². The second-order valence-corrected chi connectivity index (χ2v) is 1.67. The van der Waals surface area contributed by atoms with E-state index < -0.39 is 0 Å². The number of hydrogen-bond acceptors (Lipinski definition) is 1. The first-order valence-electron chi connectivity index (χ1n) is 2.33. The number of carbonyl (C=O) groups excluding carboxylic acids is 1. The minimum atomic E-state index is 0.604. The van der Waals surface area contributed by atoms with Crippen LogP contribution in [0.25, 0.3) is 0 Å². The average molecular weight is 108 g/mol. The first kappa shape index (κ1) is 5.09. The Kier molecular flexibility index (Phi) is 1.16. The Morgan fingerprint density at radius 1 is 1.75 bits per heavy atom. The molecule has 0 atom stereocenters. The monoisotopic (exact) mass is 108 g/mol. The van der Waals surface area contributed by atoms with Crippen molar-refractivity contribution < 1.29 is 4.79 Å². The average Bonchev–Trinajstić information content (AvgIpc) is 2.14. The molecule has 0 amide bonds. The minimum absolute atomic E-state index is 0.604. The Bertz CT molecular complexity index is 190. The van der Waals surface area contributed by atoms with Crippen LogP contribution in [-0.4, -0.2) is 10.9 Å². The van der Waals surface area contributed by atoms with Gasteiger partial charge in [0.25, 0.3) is 0 Å². The topological polar surface area (TPSA) is 22.0 Å². The van der Waals surface area contributed by atoms with Gasteiger partial charge in [-0.3, -0.25) is 4.79 Å². The first-order valence-corrected chi connectivity index (χ1v) is 2.33. The van der Waals surface area contributed by atoms with Gasteiger partial charge in [0.2, 0.25) is 6.29 Å². The standard InChI is InChI=1S/C6H6NO/c1-7-3-2-6(4-7)5-8/h2-4H,1H3. The van der Waals surface area contributed by atoms with Crippen LogP contribution in [0.2, 0.25) is 0 Å². The third kappa shape index (κ3) is 0.780. The van der Waals surface area contributed by atoms with Crippen LogP contribution < -0.4 is 0 Å². The molecule has 0 fully saturated rings. The molecule has 0 unspecified atom stereocenters. The summed E-state index contributed by atoms with van der Waals surface area (Å²) < 4.78 is 1.81. The van der Waals surface area contributed by atoms with Gasteiger partial charge in [-0.25, -0.2) is 0 Å². The highest BCUT2D eigenvalue weighted by molar-refractivity contribution is 5.74. The molecule has 1 rings (SSSR count). The zero-order chi connectivity index (χ0) is 5.98. The molecule has 0 N–H and O–H groups in total. The molecule has 1 aromatic heterocycles. The third-order valence-corrected chi connectivity index (χ3v) is 0.950. The van der Waals surface area contributed by atoms with E-state index in [1.54, 1.807) is 29.3 Å². The normalized spacial score (nSPS) is 9.12. The molecule has 2 nitrogen and oxygen atoms in total. The van der Waals surface area contributed by atoms with Gasteiger partial charge in [0.1, 0.15) is 0 Å². The van der Waals surface area contributed by atoms with Gasteiger partial charge in [-0.2, -0.15) is 0 Å². The summed E-state index contributed by atoms with van der Waals surface area (Å²) in [6, 6.07) is 1.72. The number of nitrogens with zero attached hydrogens (tertiary/aromatic N) is 1. The molecule has 1 radical (unpaired) electrons. The summed E-state index contributed by atoms with van der Waals surface area (Å²) in [6.45, 7) is 0. The highest BCUT2D eigenvalue weighted by atomic mass is 16.1. The van der Waals surface area contributed by atoms with Gasteiger partial charge in [0, 0.05) is 25.0 Å². The summed E-state index contributed by atoms with van der Waals surface area (Å²) in [5.41, 5.74) is 0.604. The van der Waals surface area contributed by atoms with Gasteiger partial charge in [-0.1, -0.05) is 0 Å². The van der Waals surface area contributed by atoms with Gasteiger partial charge in [-0.05, 0) is 6.07 Å². The SMILES string of the molecule is Cn1ccc([C]=O)c1. The fourth-order valence-corrected chi connectivity index (χ4v) is 0.564. The Labute approximate surface area is 47.7 Å². The van der Waals surface area contributed by atoms with Crippen LogP contribution in [0.4, 0.5) is 0 Å². The number of aromatic nitrogens is 1. The van der Waals surface area contributed by atoms with E-state index >= 15 is 0 Å². The van der Waals surface area contributed by atoms with Crippen molar-refractivity contribution in [3.8, 4) is 0 Å². The molecule has 1 heterocycles. The van der Waals surface area contributed by atoms with E-state index in [0.29, 0.717) is 5.56 Å². The van der Waals surface area contributed by atoms with Crippen molar-refractivity contribution in [3.05, 3.63) is 24.0 Å². The van der Waals surface area contributed by atoms with Gasteiger partial charge in [0.05, 0.1) is 0 Å². The second kappa shape index (κ2) is 1.82. The van der Waals surface area contributed by atoms with E-state index in [9.17, 15) is 4.79 Å². The fourth-order valence-electron chi connectivity index (χ4n) is 0.564. The summed E-state index contributed by atoms with van der Waals surface area (Å²) >= 11 is 0. The zero-order valence-electron chi connectivity index (χ0n) is 4.59. The number of hydrogen-bond donors (Lipinski definition) is 0. The molecule has 0 aliphatic heterocycles. The summed E-state index contributed by atoms with van der Waals surface area (Å²) in [4.78, 5) is 9.88. The number of rotatable bonds is 1. The van der Waals surface area contributed by atoms with Crippen LogP contribution in [0.5, 0.6) is 0 Å². The summed E-state index contributed by atoms with van der Waals surface area (Å²) in [7, 11) is 1.86. The lowest BCUT2D eigenvalue weighted by Gasteiger charge is -1.80. The number of aryl methyl sites for hydroxylation is 1. The Morgan fingerprint density at radius 3 is 2.75 bits per heavy atom. The molecular formula is C6H6NO. The van der Waals surface area contributed by atoms with Gasteiger partial charge in [-0.15, -0.1) is 0 Å². The molecule has 0 aliphatic carbocycles. The van der Waals surface area contributed by atoms with Crippen LogP contribution in [0.15, 0.2) is 18.5 Å². The lowest BCUT2D eigenvalue weighted by Crippen LogP contribution is -1.78. The molecule has 1 aromatic rings. The van der Waals surface area contributed by atoms with Gasteiger partial charge in [0.15, 0.2) is 0 Å². The first-order chi connectivity index (χ1) is 3.83. The molecule has 0 saturated carbocycles. The third-order valence-electron chi connectivity index (χ3n) is 0.950. The van der Waals surface area contributed by atoms with Crippen molar-refractivity contribution >= 4 is 6.29 Å². The maximum absolute atomic E-state index is 9.88. The molecule has 0 aliphatic rings. The smallest absolute Gasteiger partial charge is 0.235 e. The van der Waals surface area contributed by atoms with Crippen LogP contribution in [0.3, 0.4) is 0 Å². The van der Waals surface area contributed by atoms with Gasteiger partial charge >= 0.3 is 0 Å². The van der Waals surface area contributed by atoms with E-state index in [0.717, 1.165) is 0 Å². The van der Waals surface area contributed by atoms with Crippen LogP contribution >= 0.6 is 0 Å². The summed E-state index contributed by atoms with van der Waals surface area (Å²) in [5.74, 6) is 0. The van der Waals surface area contributed by atoms with E-state index in [2.05, 4.69) is 0 Å². The predicted molar refractivity (Wildman–Crippen MR) is 30.2 cm³/mol. The van der Waals surface area contributed by atoms with Crippen molar-refractivity contribution in [2.45, 2.75) is 0 Å². The highest BCUT2D eigenvalue weighted by Gasteiger charge is 1.88. The van der Waals surface area contributed by atoms with Crippen molar-refractivity contribution in [1.29, 1.82) is 0 Å². The Hall–Kier alpha value is -1.05. The molecule has 0 aromatic carbocycles. The molecule has 0 spiro atoms. The highest BCUT2D eigenvalue weighted by Crippen LogP contribution is 1.92. The maximum atomic E-state index is 9.88. The second-order valence-electron chi connectivity index (χ2n) is 1.67. The molecule has 2 heteroatoms. The molecular weight excluding hydrogens is 102 g/mol. The van der Waals surface area contributed by atoms with Crippen molar-refractivity contribution in [1.82, 2.24) is 4.57 Å². The quantitative estimate of drug-likeness (QED) is 0.513. The van der Waals surface area contributed by atoms with Crippen LogP contribution in [0, 0.1) is 0 Å². The molecule has 8 heavy (non-hydrogen) atoms. The minimum Gasteiger partial charge on any atom is -0.356 e. The predicted octanol–water partition coefficient (Wildman–Crippen LogP) is 0.483. The van der Waals surface area contributed by atoms with Crippen molar-refractivity contribution in [2.24, 2.45) is 7.05 Å². The summed E-state index contributed by atoms with van der Waals surface area (Å²) in [6.07, 6.45) is 5.30. The van der Waals surface area contributed by atoms with Crippen molar-refractivity contribution in [3.63, 3.8) is 0 Å². The van der Waals surface area contributed by atoms with Gasteiger partial charge < -0.3 is 4.57 Å². The Balaban J connectivity index is 3.00. The Morgan fingerprint density at radius 2 is 2.50 bits per heavy atom. The van der Waals surface area contributed by atoms with E-state index in [1.807, 2.05) is 7.05 Å². The van der Waals surface area contributed by atoms with Crippen molar-refractivity contribution in [2.75, 3.05) is 0 Å².